The fourth-order valence-electron chi connectivity index (χ4n) is 2.43. The van der Waals surface area contributed by atoms with E-state index < -0.39 is 0 Å². The predicted octanol–water partition coefficient (Wildman–Crippen LogP) is 3.57. The predicted molar refractivity (Wildman–Crippen MR) is 85.5 cm³/mol. The van der Waals surface area contributed by atoms with Crippen molar-refractivity contribution in [3.8, 4) is 5.75 Å². The number of benzene rings is 2. The summed E-state index contributed by atoms with van der Waals surface area (Å²) in [5.74, 6) is 0.881. The van der Waals surface area contributed by atoms with Crippen molar-refractivity contribution in [3.63, 3.8) is 0 Å². The third-order valence-electron chi connectivity index (χ3n) is 3.55. The van der Waals surface area contributed by atoms with E-state index >= 15 is 0 Å². The normalized spacial score (nSPS) is 12.2. The Morgan fingerprint density at radius 1 is 1.00 bits per heavy atom. The Bertz CT molecular complexity index is 707. The zero-order valence-corrected chi connectivity index (χ0v) is 12.0. The number of nitrogens with zero attached hydrogens (tertiary/aromatic N) is 1. The molecule has 0 aliphatic heterocycles. The molecule has 3 aromatic rings. The Balaban J connectivity index is 1.85. The molecule has 0 aliphatic rings. The number of ether oxygens (including phenoxy) is 1. The summed E-state index contributed by atoms with van der Waals surface area (Å²) in [6.07, 6.45) is 1.83. The summed E-state index contributed by atoms with van der Waals surface area (Å²) in [7, 11) is 1.95. The molecule has 1 unspecified atom stereocenters. The second-order valence-corrected chi connectivity index (χ2v) is 4.89. The minimum atomic E-state index is 0.101. The fourth-order valence-corrected chi connectivity index (χ4v) is 2.43. The summed E-state index contributed by atoms with van der Waals surface area (Å²) < 4.78 is 5.87. The number of pyridine rings is 1. The van der Waals surface area contributed by atoms with Crippen LogP contribution in [-0.2, 0) is 0 Å². The number of likely N-dealkylation sites (N-methyl/N-ethyl adjacent to an activating group) is 1. The van der Waals surface area contributed by atoms with Crippen LogP contribution in [0.5, 0.6) is 5.75 Å². The summed E-state index contributed by atoms with van der Waals surface area (Å²) in [6, 6.07) is 20.3. The zero-order chi connectivity index (χ0) is 14.5. The van der Waals surface area contributed by atoms with Crippen molar-refractivity contribution in [2.24, 2.45) is 0 Å². The third-order valence-corrected chi connectivity index (χ3v) is 3.55. The second kappa shape index (κ2) is 6.37. The van der Waals surface area contributed by atoms with Crippen molar-refractivity contribution >= 4 is 10.9 Å². The van der Waals surface area contributed by atoms with Gasteiger partial charge in [0.15, 0.2) is 0 Å². The molecule has 0 aliphatic carbocycles. The van der Waals surface area contributed by atoms with Crippen molar-refractivity contribution in [2.75, 3.05) is 13.7 Å². The first-order valence-corrected chi connectivity index (χ1v) is 7.07. The molecule has 3 rings (SSSR count). The van der Waals surface area contributed by atoms with Crippen LogP contribution in [0.1, 0.15) is 11.6 Å². The smallest absolute Gasteiger partial charge is 0.119 e. The van der Waals surface area contributed by atoms with Gasteiger partial charge in [-0.15, -0.1) is 0 Å². The Morgan fingerprint density at radius 3 is 2.62 bits per heavy atom. The van der Waals surface area contributed by atoms with Gasteiger partial charge in [0.1, 0.15) is 12.4 Å². The van der Waals surface area contributed by atoms with Crippen LogP contribution in [0.3, 0.4) is 0 Å². The monoisotopic (exact) mass is 278 g/mol. The standard InChI is InChI=1S/C18H18N2O/c1-19-17(13-21-15-9-3-2-4-10-15)16-11-5-7-14-8-6-12-20-18(14)16/h2-12,17,19H,13H2,1H3. The van der Waals surface area contributed by atoms with E-state index in [1.165, 1.54) is 0 Å². The van der Waals surface area contributed by atoms with Crippen molar-refractivity contribution in [3.05, 3.63) is 72.4 Å². The first-order valence-electron chi connectivity index (χ1n) is 7.07. The lowest BCUT2D eigenvalue weighted by Crippen LogP contribution is -2.23. The van der Waals surface area contributed by atoms with Gasteiger partial charge < -0.3 is 10.1 Å². The van der Waals surface area contributed by atoms with E-state index in [9.17, 15) is 0 Å². The highest BCUT2D eigenvalue weighted by atomic mass is 16.5. The molecule has 0 fully saturated rings. The second-order valence-electron chi connectivity index (χ2n) is 4.89. The number of nitrogens with one attached hydrogen (secondary N) is 1. The van der Waals surface area contributed by atoms with Crippen LogP contribution in [0.25, 0.3) is 10.9 Å². The number of rotatable bonds is 5. The maximum absolute atomic E-state index is 5.87. The SMILES string of the molecule is CNC(COc1ccccc1)c1cccc2cccnc12. The minimum Gasteiger partial charge on any atom is -0.492 e. The number of aromatic nitrogens is 1. The molecule has 1 N–H and O–H groups in total. The molecule has 0 bridgehead atoms. The van der Waals surface area contributed by atoms with Crippen LogP contribution in [0.4, 0.5) is 0 Å². The van der Waals surface area contributed by atoms with Crippen LogP contribution in [0, 0.1) is 0 Å². The first-order chi connectivity index (χ1) is 10.4. The molecule has 106 valence electrons. The summed E-state index contributed by atoms with van der Waals surface area (Å²) >= 11 is 0. The number of hydrogen-bond donors (Lipinski definition) is 1. The number of hydrogen-bond acceptors (Lipinski definition) is 3. The van der Waals surface area contributed by atoms with Crippen LogP contribution in [-0.4, -0.2) is 18.6 Å². The van der Waals surface area contributed by atoms with Gasteiger partial charge in [-0.3, -0.25) is 4.98 Å². The van der Waals surface area contributed by atoms with E-state index in [0.717, 1.165) is 22.2 Å². The van der Waals surface area contributed by atoms with Crippen LogP contribution < -0.4 is 10.1 Å². The van der Waals surface area contributed by atoms with Crippen molar-refractivity contribution in [2.45, 2.75) is 6.04 Å². The molecule has 3 nitrogen and oxygen atoms in total. The fraction of sp³-hybridized carbons (Fsp3) is 0.167. The molecule has 0 amide bonds. The van der Waals surface area contributed by atoms with Crippen LogP contribution in [0.15, 0.2) is 66.9 Å². The van der Waals surface area contributed by atoms with E-state index in [0.29, 0.717) is 6.61 Å². The lowest BCUT2D eigenvalue weighted by Gasteiger charge is -2.18. The highest BCUT2D eigenvalue weighted by Gasteiger charge is 2.14. The molecular formula is C18H18N2O. The summed E-state index contributed by atoms with van der Waals surface area (Å²) in [6.45, 7) is 0.566. The third kappa shape index (κ3) is 3.03. The van der Waals surface area contributed by atoms with Crippen LogP contribution >= 0.6 is 0 Å². The van der Waals surface area contributed by atoms with E-state index in [2.05, 4.69) is 34.6 Å². The van der Waals surface area contributed by atoms with E-state index in [1.54, 1.807) is 0 Å². The highest BCUT2D eigenvalue weighted by Crippen LogP contribution is 2.23. The first kappa shape index (κ1) is 13.6. The van der Waals surface area contributed by atoms with Crippen molar-refractivity contribution < 1.29 is 4.74 Å². The van der Waals surface area contributed by atoms with Gasteiger partial charge in [-0.1, -0.05) is 42.5 Å². The maximum atomic E-state index is 5.87. The molecular weight excluding hydrogens is 260 g/mol. The number of fused-ring (bicyclic) bond motifs is 1. The van der Waals surface area contributed by atoms with Gasteiger partial charge in [0.05, 0.1) is 11.6 Å². The van der Waals surface area contributed by atoms with Gasteiger partial charge in [0, 0.05) is 11.6 Å². The van der Waals surface area contributed by atoms with E-state index in [-0.39, 0.29) is 6.04 Å². The molecule has 0 saturated carbocycles. The van der Waals surface area contributed by atoms with Gasteiger partial charge in [-0.2, -0.15) is 0 Å². The molecule has 1 aromatic heterocycles. The maximum Gasteiger partial charge on any atom is 0.119 e. The lowest BCUT2D eigenvalue weighted by atomic mass is 10.0. The Hall–Kier alpha value is -2.39. The molecule has 21 heavy (non-hydrogen) atoms. The average molecular weight is 278 g/mol. The van der Waals surface area contributed by atoms with Crippen molar-refractivity contribution in [1.29, 1.82) is 0 Å². The van der Waals surface area contributed by atoms with E-state index in [4.69, 9.17) is 4.74 Å². The van der Waals surface area contributed by atoms with E-state index in [1.807, 2.05) is 49.6 Å². The quantitative estimate of drug-likeness (QED) is 0.774. The average Bonchev–Trinajstić information content (AvgIpc) is 2.56. The van der Waals surface area contributed by atoms with Crippen molar-refractivity contribution in [1.82, 2.24) is 10.3 Å². The van der Waals surface area contributed by atoms with Gasteiger partial charge in [0.25, 0.3) is 0 Å². The van der Waals surface area contributed by atoms with Gasteiger partial charge in [-0.05, 0) is 30.8 Å². The minimum absolute atomic E-state index is 0.101. The summed E-state index contributed by atoms with van der Waals surface area (Å²) in [5.41, 5.74) is 2.18. The topological polar surface area (TPSA) is 34.1 Å². The van der Waals surface area contributed by atoms with Crippen LogP contribution in [0.2, 0.25) is 0 Å². The summed E-state index contributed by atoms with van der Waals surface area (Å²) in [5, 5.41) is 4.46. The van der Waals surface area contributed by atoms with Gasteiger partial charge >= 0.3 is 0 Å². The lowest BCUT2D eigenvalue weighted by molar-refractivity contribution is 0.274. The molecule has 1 heterocycles. The van der Waals surface area contributed by atoms with Gasteiger partial charge in [0.2, 0.25) is 0 Å². The Kier molecular flexibility index (Phi) is 4.12. The zero-order valence-electron chi connectivity index (χ0n) is 12.0. The Morgan fingerprint density at radius 2 is 1.81 bits per heavy atom. The molecule has 2 aromatic carbocycles. The van der Waals surface area contributed by atoms with Gasteiger partial charge in [-0.25, -0.2) is 0 Å². The molecule has 3 heteroatoms. The molecule has 1 atom stereocenters. The number of para-hydroxylation sites is 2. The molecule has 0 saturated heterocycles. The Labute approximate surface area is 124 Å². The largest absolute Gasteiger partial charge is 0.492 e. The highest BCUT2D eigenvalue weighted by molar-refractivity contribution is 5.82. The molecule has 0 spiro atoms. The summed E-state index contributed by atoms with van der Waals surface area (Å²) in [4.78, 5) is 4.51. The molecule has 0 radical (unpaired) electrons.